The molecule has 0 saturated heterocycles. The summed E-state index contributed by atoms with van der Waals surface area (Å²) in [5.74, 6) is -0.578. The molecule has 0 amide bonds. The molecule has 1 aromatic carbocycles. The van der Waals surface area contributed by atoms with Gasteiger partial charge in [0.05, 0.1) is 12.2 Å². The summed E-state index contributed by atoms with van der Waals surface area (Å²) >= 11 is 0. The van der Waals surface area contributed by atoms with Gasteiger partial charge in [0, 0.05) is 24.1 Å². The number of hydrogen-bond acceptors (Lipinski definition) is 4. The molecule has 1 unspecified atom stereocenters. The number of methoxy groups -OCH3 is 1. The quantitative estimate of drug-likeness (QED) is 0.894. The maximum absolute atomic E-state index is 11.2. The molecular weight excluding hydrogens is 246 g/mol. The summed E-state index contributed by atoms with van der Waals surface area (Å²) in [7, 11) is 1.60. The number of rotatable bonds is 5. The van der Waals surface area contributed by atoms with E-state index in [0.29, 0.717) is 23.3 Å². The normalized spacial score (nSPS) is 12.3. The number of nitrogens with zero attached hydrogens (tertiary/aromatic N) is 1. The lowest BCUT2D eigenvalue weighted by molar-refractivity contribution is 0.0698. The van der Waals surface area contributed by atoms with Crippen LogP contribution in [0.4, 0.5) is 0 Å². The van der Waals surface area contributed by atoms with E-state index in [0.717, 1.165) is 0 Å². The number of aromatic carboxylic acids is 1. The Bertz CT molecular complexity index is 597. The number of hydrogen-bond donors (Lipinski definition) is 1. The van der Waals surface area contributed by atoms with Crippen molar-refractivity contribution in [3.63, 3.8) is 0 Å². The minimum absolute atomic E-state index is 0.156. The minimum atomic E-state index is -1.000. The van der Waals surface area contributed by atoms with Gasteiger partial charge < -0.3 is 14.6 Å². The van der Waals surface area contributed by atoms with Crippen LogP contribution in [0.1, 0.15) is 17.3 Å². The monoisotopic (exact) mass is 261 g/mol. The predicted octanol–water partition coefficient (Wildman–Crippen LogP) is 2.35. The van der Waals surface area contributed by atoms with Crippen molar-refractivity contribution in [3.05, 3.63) is 36.0 Å². The van der Waals surface area contributed by atoms with E-state index in [9.17, 15) is 4.79 Å². The van der Waals surface area contributed by atoms with Crippen LogP contribution in [-0.2, 0) is 4.74 Å². The van der Waals surface area contributed by atoms with Crippen LogP contribution in [0.15, 0.2) is 30.5 Å². The summed E-state index contributed by atoms with van der Waals surface area (Å²) in [5.41, 5.74) is 0.169. The summed E-state index contributed by atoms with van der Waals surface area (Å²) < 4.78 is 10.7. The highest BCUT2D eigenvalue weighted by Crippen LogP contribution is 2.26. The number of fused-ring (bicyclic) bond motifs is 1. The van der Waals surface area contributed by atoms with Gasteiger partial charge in [-0.25, -0.2) is 9.78 Å². The zero-order valence-electron chi connectivity index (χ0n) is 10.8. The molecule has 1 atom stereocenters. The van der Waals surface area contributed by atoms with Crippen LogP contribution in [0.2, 0.25) is 0 Å². The van der Waals surface area contributed by atoms with E-state index >= 15 is 0 Å². The molecule has 100 valence electrons. The third kappa shape index (κ3) is 2.82. The van der Waals surface area contributed by atoms with Gasteiger partial charge in [-0.1, -0.05) is 18.2 Å². The summed E-state index contributed by atoms with van der Waals surface area (Å²) in [6.45, 7) is 2.31. The van der Waals surface area contributed by atoms with Crippen LogP contribution < -0.4 is 4.74 Å². The second-order valence-corrected chi connectivity index (χ2v) is 4.21. The third-order valence-electron chi connectivity index (χ3n) is 2.70. The lowest BCUT2D eigenvalue weighted by Gasteiger charge is -2.15. The number of pyridine rings is 1. The number of aromatic nitrogens is 1. The van der Waals surface area contributed by atoms with Crippen molar-refractivity contribution in [1.82, 2.24) is 4.98 Å². The molecule has 1 heterocycles. The third-order valence-corrected chi connectivity index (χ3v) is 2.70. The summed E-state index contributed by atoms with van der Waals surface area (Å²) in [6, 6.07) is 7.15. The second-order valence-electron chi connectivity index (χ2n) is 4.21. The first kappa shape index (κ1) is 13.3. The molecule has 0 spiro atoms. The highest BCUT2D eigenvalue weighted by Gasteiger charge is 2.14. The SMILES string of the molecule is COCC(C)Oc1ncc(C(=O)O)c2ccccc12. The fraction of sp³-hybridized carbons (Fsp3) is 0.286. The molecule has 2 aromatic rings. The van der Waals surface area contributed by atoms with E-state index < -0.39 is 5.97 Å². The van der Waals surface area contributed by atoms with Crippen LogP contribution >= 0.6 is 0 Å². The molecule has 0 saturated carbocycles. The molecule has 19 heavy (non-hydrogen) atoms. The second kappa shape index (κ2) is 5.67. The predicted molar refractivity (Wildman–Crippen MR) is 70.7 cm³/mol. The first-order valence-corrected chi connectivity index (χ1v) is 5.90. The number of benzene rings is 1. The summed E-state index contributed by atoms with van der Waals surface area (Å²) in [4.78, 5) is 15.2. The summed E-state index contributed by atoms with van der Waals surface area (Å²) in [5, 5.41) is 10.4. The lowest BCUT2D eigenvalue weighted by atomic mass is 10.1. The van der Waals surface area contributed by atoms with Gasteiger partial charge in [0.2, 0.25) is 5.88 Å². The fourth-order valence-corrected chi connectivity index (χ4v) is 1.89. The first-order valence-electron chi connectivity index (χ1n) is 5.90. The van der Waals surface area contributed by atoms with Crippen LogP contribution in [0.25, 0.3) is 10.8 Å². The van der Waals surface area contributed by atoms with E-state index in [1.165, 1.54) is 6.20 Å². The molecule has 0 aliphatic heterocycles. The van der Waals surface area contributed by atoms with Gasteiger partial charge in [-0.2, -0.15) is 0 Å². The van der Waals surface area contributed by atoms with Gasteiger partial charge >= 0.3 is 5.97 Å². The highest BCUT2D eigenvalue weighted by molar-refractivity contribution is 6.04. The van der Waals surface area contributed by atoms with Crippen molar-refractivity contribution in [2.24, 2.45) is 0 Å². The van der Waals surface area contributed by atoms with Gasteiger partial charge in [0.1, 0.15) is 6.10 Å². The molecule has 1 aromatic heterocycles. The standard InChI is InChI=1S/C14H15NO4/c1-9(8-18-2)19-13-11-6-4-3-5-10(11)12(7-15-13)14(16)17/h3-7,9H,8H2,1-2H3,(H,16,17). The summed E-state index contributed by atoms with van der Waals surface area (Å²) in [6.07, 6.45) is 1.16. The molecule has 5 nitrogen and oxygen atoms in total. The van der Waals surface area contributed by atoms with Crippen LogP contribution in [0.3, 0.4) is 0 Å². The molecular formula is C14H15NO4. The van der Waals surface area contributed by atoms with Crippen molar-refractivity contribution in [1.29, 1.82) is 0 Å². The molecule has 0 radical (unpaired) electrons. The van der Waals surface area contributed by atoms with E-state index in [2.05, 4.69) is 4.98 Å². The van der Waals surface area contributed by atoms with Gasteiger partial charge in [-0.3, -0.25) is 0 Å². The average molecular weight is 261 g/mol. The van der Waals surface area contributed by atoms with E-state index in [1.807, 2.05) is 13.0 Å². The smallest absolute Gasteiger partial charge is 0.337 e. The Hall–Kier alpha value is -2.14. The van der Waals surface area contributed by atoms with Gasteiger partial charge in [0.15, 0.2) is 0 Å². The first-order chi connectivity index (χ1) is 9.13. The lowest BCUT2D eigenvalue weighted by Crippen LogP contribution is -2.19. The van der Waals surface area contributed by atoms with Crippen molar-refractivity contribution in [3.8, 4) is 5.88 Å². The van der Waals surface area contributed by atoms with E-state index in [4.69, 9.17) is 14.6 Å². The van der Waals surface area contributed by atoms with Crippen LogP contribution in [-0.4, -0.2) is 35.9 Å². The molecule has 0 aliphatic rings. The van der Waals surface area contributed by atoms with Gasteiger partial charge in [-0.15, -0.1) is 0 Å². The maximum atomic E-state index is 11.2. The van der Waals surface area contributed by atoms with Crippen LogP contribution in [0.5, 0.6) is 5.88 Å². The van der Waals surface area contributed by atoms with Gasteiger partial charge in [-0.05, 0) is 13.0 Å². The van der Waals surface area contributed by atoms with E-state index in [1.54, 1.807) is 25.3 Å². The average Bonchev–Trinajstić information content (AvgIpc) is 2.39. The Morgan fingerprint density at radius 3 is 2.68 bits per heavy atom. The van der Waals surface area contributed by atoms with Gasteiger partial charge in [0.25, 0.3) is 0 Å². The van der Waals surface area contributed by atoms with Crippen LogP contribution in [0, 0.1) is 0 Å². The molecule has 0 aliphatic carbocycles. The minimum Gasteiger partial charge on any atom is -0.478 e. The zero-order valence-corrected chi connectivity index (χ0v) is 10.8. The Balaban J connectivity index is 2.46. The maximum Gasteiger partial charge on any atom is 0.337 e. The largest absolute Gasteiger partial charge is 0.478 e. The van der Waals surface area contributed by atoms with Crippen molar-refractivity contribution >= 4 is 16.7 Å². The number of ether oxygens (including phenoxy) is 2. The molecule has 0 fully saturated rings. The number of carboxylic acid groups (broad SMARTS) is 1. The molecule has 1 N–H and O–H groups in total. The topological polar surface area (TPSA) is 68.7 Å². The molecule has 0 bridgehead atoms. The zero-order chi connectivity index (χ0) is 13.8. The Labute approximate surface area is 110 Å². The van der Waals surface area contributed by atoms with E-state index in [-0.39, 0.29) is 11.7 Å². The Morgan fingerprint density at radius 2 is 2.05 bits per heavy atom. The highest BCUT2D eigenvalue weighted by atomic mass is 16.5. The molecule has 5 heteroatoms. The van der Waals surface area contributed by atoms with Crippen molar-refractivity contribution in [2.45, 2.75) is 13.0 Å². The molecule has 2 rings (SSSR count). The fourth-order valence-electron chi connectivity index (χ4n) is 1.89. The van der Waals surface area contributed by atoms with Crippen molar-refractivity contribution < 1.29 is 19.4 Å². The number of carbonyl (C=O) groups is 1. The van der Waals surface area contributed by atoms with Crippen molar-refractivity contribution in [2.75, 3.05) is 13.7 Å². The Kier molecular flexibility index (Phi) is 3.97. The number of carboxylic acids is 1. The Morgan fingerprint density at radius 1 is 1.37 bits per heavy atom.